The summed E-state index contributed by atoms with van der Waals surface area (Å²) in [4.78, 5) is 20.4. The minimum absolute atomic E-state index is 0. The quantitative estimate of drug-likeness (QED) is 0.744. The topological polar surface area (TPSA) is 66.9 Å². The van der Waals surface area contributed by atoms with Gasteiger partial charge in [0.1, 0.15) is 5.82 Å². The highest BCUT2D eigenvalue weighted by molar-refractivity contribution is 7.07. The number of carbonyl (C=O) groups excluding carboxylic acids is 1. The van der Waals surface area contributed by atoms with E-state index < -0.39 is 0 Å². The SMILES string of the molecule is CCNC(=O)Nc1cc2c(-c3cscn3)ccc(C)c2cn1.Cl. The summed E-state index contributed by atoms with van der Waals surface area (Å²) in [5.41, 5.74) is 4.94. The molecule has 1 aromatic carbocycles. The highest BCUT2D eigenvalue weighted by Crippen LogP contribution is 2.31. The van der Waals surface area contributed by atoms with Crippen LogP contribution in [0.3, 0.4) is 0 Å². The third kappa shape index (κ3) is 3.60. The van der Waals surface area contributed by atoms with Crippen molar-refractivity contribution in [1.29, 1.82) is 0 Å². The van der Waals surface area contributed by atoms with Crippen LogP contribution in [0.2, 0.25) is 0 Å². The van der Waals surface area contributed by atoms with E-state index in [0.717, 1.165) is 27.6 Å². The van der Waals surface area contributed by atoms with Gasteiger partial charge in [-0.1, -0.05) is 12.1 Å². The van der Waals surface area contributed by atoms with E-state index in [1.54, 1.807) is 17.5 Å². The standard InChI is InChI=1S/C16H16N4OS.ClH/c1-3-17-16(21)20-15-6-12-11(14-8-22-9-19-14)5-4-10(2)13(12)7-18-15;/h4-9H,3H2,1-2H3,(H2,17,18,20,21);1H. The van der Waals surface area contributed by atoms with Crippen LogP contribution >= 0.6 is 23.7 Å². The van der Waals surface area contributed by atoms with Crippen LogP contribution in [-0.4, -0.2) is 22.5 Å². The number of anilines is 1. The molecule has 23 heavy (non-hydrogen) atoms. The number of hydrogen-bond acceptors (Lipinski definition) is 4. The highest BCUT2D eigenvalue weighted by atomic mass is 35.5. The lowest BCUT2D eigenvalue weighted by Gasteiger charge is -2.10. The lowest BCUT2D eigenvalue weighted by molar-refractivity contribution is 0.252. The van der Waals surface area contributed by atoms with Crippen LogP contribution in [0.15, 0.2) is 35.3 Å². The number of rotatable bonds is 3. The van der Waals surface area contributed by atoms with Gasteiger partial charge in [0, 0.05) is 29.1 Å². The molecule has 2 heterocycles. The highest BCUT2D eigenvalue weighted by Gasteiger charge is 2.10. The molecule has 3 aromatic rings. The van der Waals surface area contributed by atoms with Gasteiger partial charge in [0.2, 0.25) is 0 Å². The third-order valence-corrected chi connectivity index (χ3v) is 3.99. The summed E-state index contributed by atoms with van der Waals surface area (Å²) in [6, 6.07) is 5.77. The largest absolute Gasteiger partial charge is 0.338 e. The Balaban J connectivity index is 0.00000192. The summed E-state index contributed by atoms with van der Waals surface area (Å²) < 4.78 is 0. The van der Waals surface area contributed by atoms with Crippen molar-refractivity contribution in [3.05, 3.63) is 40.8 Å². The lowest BCUT2D eigenvalue weighted by Crippen LogP contribution is -2.28. The molecule has 0 fully saturated rings. The minimum Gasteiger partial charge on any atom is -0.338 e. The smallest absolute Gasteiger partial charge is 0.320 e. The monoisotopic (exact) mass is 348 g/mol. The van der Waals surface area contributed by atoms with Gasteiger partial charge in [-0.05, 0) is 30.9 Å². The van der Waals surface area contributed by atoms with E-state index >= 15 is 0 Å². The second-order valence-electron chi connectivity index (χ2n) is 4.90. The zero-order valence-electron chi connectivity index (χ0n) is 12.8. The van der Waals surface area contributed by atoms with Crippen LogP contribution < -0.4 is 10.6 Å². The Morgan fingerprint density at radius 1 is 1.26 bits per heavy atom. The van der Waals surface area contributed by atoms with Gasteiger partial charge in [-0.25, -0.2) is 14.8 Å². The molecule has 0 atom stereocenters. The van der Waals surface area contributed by atoms with E-state index in [0.29, 0.717) is 12.4 Å². The fourth-order valence-corrected chi connectivity index (χ4v) is 2.89. The van der Waals surface area contributed by atoms with Crippen molar-refractivity contribution in [3.8, 4) is 11.3 Å². The molecule has 120 valence electrons. The first-order valence-electron chi connectivity index (χ1n) is 7.02. The molecule has 0 unspecified atom stereocenters. The predicted octanol–water partition coefficient (Wildman–Crippen LogP) is 4.23. The Hall–Kier alpha value is -2.18. The number of pyridine rings is 1. The van der Waals surface area contributed by atoms with Gasteiger partial charge in [0.05, 0.1) is 11.2 Å². The fraction of sp³-hybridized carbons (Fsp3) is 0.188. The molecule has 2 N–H and O–H groups in total. The lowest BCUT2D eigenvalue weighted by atomic mass is 10.0. The molecule has 0 saturated carbocycles. The molecular weight excluding hydrogens is 332 g/mol. The summed E-state index contributed by atoms with van der Waals surface area (Å²) in [5, 5.41) is 9.56. The van der Waals surface area contributed by atoms with Gasteiger partial charge in [-0.3, -0.25) is 5.32 Å². The van der Waals surface area contributed by atoms with Crippen molar-refractivity contribution < 1.29 is 4.79 Å². The molecule has 0 saturated heterocycles. The number of aromatic nitrogens is 2. The number of benzene rings is 1. The molecule has 0 aliphatic carbocycles. The van der Waals surface area contributed by atoms with Gasteiger partial charge in [0.25, 0.3) is 0 Å². The summed E-state index contributed by atoms with van der Waals surface area (Å²) in [6.07, 6.45) is 1.79. The fourth-order valence-electron chi connectivity index (χ4n) is 2.34. The minimum atomic E-state index is -0.253. The molecule has 0 spiro atoms. The summed E-state index contributed by atoms with van der Waals surface area (Å²) >= 11 is 1.56. The van der Waals surface area contributed by atoms with Crippen LogP contribution in [0.1, 0.15) is 12.5 Å². The number of fused-ring (bicyclic) bond motifs is 1. The number of nitrogens with one attached hydrogen (secondary N) is 2. The summed E-state index contributed by atoms with van der Waals surface area (Å²) in [6.45, 7) is 4.49. The molecule has 7 heteroatoms. The number of thiazole rings is 1. The Kier molecular flexibility index (Phi) is 5.52. The van der Waals surface area contributed by atoms with Crippen LogP contribution in [0.4, 0.5) is 10.6 Å². The van der Waals surface area contributed by atoms with Crippen molar-refractivity contribution in [2.45, 2.75) is 13.8 Å². The molecular formula is C16H17ClN4OS. The van der Waals surface area contributed by atoms with Gasteiger partial charge in [-0.15, -0.1) is 23.7 Å². The first kappa shape index (κ1) is 17.2. The predicted molar refractivity (Wildman–Crippen MR) is 97.5 cm³/mol. The van der Waals surface area contributed by atoms with E-state index in [9.17, 15) is 4.79 Å². The third-order valence-electron chi connectivity index (χ3n) is 3.41. The van der Waals surface area contributed by atoms with E-state index in [4.69, 9.17) is 0 Å². The Morgan fingerprint density at radius 2 is 2.09 bits per heavy atom. The number of nitrogens with zero attached hydrogens (tertiary/aromatic N) is 2. The number of hydrogen-bond donors (Lipinski definition) is 2. The van der Waals surface area contributed by atoms with Gasteiger partial charge >= 0.3 is 6.03 Å². The van der Waals surface area contributed by atoms with E-state index in [1.807, 2.05) is 30.8 Å². The van der Waals surface area contributed by atoms with Crippen LogP contribution in [-0.2, 0) is 0 Å². The van der Waals surface area contributed by atoms with Gasteiger partial charge in [0.15, 0.2) is 0 Å². The first-order valence-corrected chi connectivity index (χ1v) is 7.96. The van der Waals surface area contributed by atoms with E-state index in [2.05, 4.69) is 32.7 Å². The second-order valence-corrected chi connectivity index (χ2v) is 5.62. The summed E-state index contributed by atoms with van der Waals surface area (Å²) in [5.74, 6) is 0.528. The Labute approximate surface area is 144 Å². The number of carbonyl (C=O) groups is 1. The van der Waals surface area contributed by atoms with Crippen molar-refractivity contribution in [2.75, 3.05) is 11.9 Å². The van der Waals surface area contributed by atoms with Crippen molar-refractivity contribution >= 4 is 46.4 Å². The number of amides is 2. The molecule has 0 aliphatic heterocycles. The average molecular weight is 349 g/mol. The van der Waals surface area contributed by atoms with Crippen LogP contribution in [0.5, 0.6) is 0 Å². The van der Waals surface area contributed by atoms with E-state index in [-0.39, 0.29) is 18.4 Å². The maximum atomic E-state index is 11.7. The number of urea groups is 1. The van der Waals surface area contributed by atoms with Gasteiger partial charge in [-0.2, -0.15) is 0 Å². The molecule has 2 aromatic heterocycles. The maximum Gasteiger partial charge on any atom is 0.320 e. The Bertz CT molecular complexity index is 820. The Morgan fingerprint density at radius 3 is 2.78 bits per heavy atom. The molecule has 0 aliphatic rings. The van der Waals surface area contributed by atoms with E-state index in [1.165, 1.54) is 0 Å². The zero-order chi connectivity index (χ0) is 15.5. The molecule has 0 radical (unpaired) electrons. The second kappa shape index (κ2) is 7.39. The molecule has 5 nitrogen and oxygen atoms in total. The van der Waals surface area contributed by atoms with Crippen LogP contribution in [0, 0.1) is 6.92 Å². The van der Waals surface area contributed by atoms with Crippen molar-refractivity contribution in [2.24, 2.45) is 0 Å². The molecule has 2 amide bonds. The molecule has 3 rings (SSSR count). The number of halogens is 1. The van der Waals surface area contributed by atoms with Crippen molar-refractivity contribution in [3.63, 3.8) is 0 Å². The van der Waals surface area contributed by atoms with Gasteiger partial charge < -0.3 is 5.32 Å². The summed E-state index contributed by atoms with van der Waals surface area (Å²) in [7, 11) is 0. The number of aryl methyl sites for hydroxylation is 1. The van der Waals surface area contributed by atoms with Crippen molar-refractivity contribution in [1.82, 2.24) is 15.3 Å². The maximum absolute atomic E-state index is 11.7. The average Bonchev–Trinajstić information content (AvgIpc) is 3.02. The first-order chi connectivity index (χ1) is 10.7. The van der Waals surface area contributed by atoms with Crippen LogP contribution in [0.25, 0.3) is 22.0 Å². The normalized spacial score (nSPS) is 10.2. The molecule has 0 bridgehead atoms. The zero-order valence-corrected chi connectivity index (χ0v) is 14.4.